The molecule has 0 rings (SSSR count). The first-order valence-electron chi connectivity index (χ1n) is 11.8. The van der Waals surface area contributed by atoms with Gasteiger partial charge in [0.2, 0.25) is 5.91 Å². The van der Waals surface area contributed by atoms with Gasteiger partial charge in [-0.05, 0) is 25.8 Å². The van der Waals surface area contributed by atoms with Crippen molar-refractivity contribution in [3.05, 3.63) is 0 Å². The fourth-order valence-corrected chi connectivity index (χ4v) is 3.41. The standard InChI is InChI=1S/C23H46N2O3/c1-2-3-4-5-6-7-8-9-10-11-12-13-14-17-23(28)25-22(21-27)16-15-18-24-19-20-26/h21-22,24,26H,2-20H2,1H3,(H,25,28). The topological polar surface area (TPSA) is 78.4 Å². The van der Waals surface area contributed by atoms with Crippen molar-refractivity contribution in [2.24, 2.45) is 0 Å². The lowest BCUT2D eigenvalue weighted by molar-refractivity contribution is -0.124. The molecule has 0 aromatic rings. The van der Waals surface area contributed by atoms with Crippen molar-refractivity contribution in [3.63, 3.8) is 0 Å². The summed E-state index contributed by atoms with van der Waals surface area (Å²) in [7, 11) is 0. The number of unbranched alkanes of at least 4 members (excludes halogenated alkanes) is 12. The molecule has 0 saturated carbocycles. The van der Waals surface area contributed by atoms with Crippen LogP contribution in [0.15, 0.2) is 0 Å². The molecule has 0 heterocycles. The van der Waals surface area contributed by atoms with Gasteiger partial charge in [-0.1, -0.05) is 84.0 Å². The molecule has 0 aliphatic rings. The maximum atomic E-state index is 11.9. The van der Waals surface area contributed by atoms with Crippen molar-refractivity contribution < 1.29 is 14.7 Å². The normalized spacial score (nSPS) is 12.1. The fourth-order valence-electron chi connectivity index (χ4n) is 3.41. The highest BCUT2D eigenvalue weighted by Crippen LogP contribution is 2.13. The van der Waals surface area contributed by atoms with E-state index in [-0.39, 0.29) is 18.6 Å². The van der Waals surface area contributed by atoms with E-state index in [0.29, 0.717) is 19.4 Å². The molecule has 5 nitrogen and oxygen atoms in total. The monoisotopic (exact) mass is 398 g/mol. The summed E-state index contributed by atoms with van der Waals surface area (Å²) in [6.07, 6.45) is 19.6. The first-order valence-corrected chi connectivity index (χ1v) is 11.8. The van der Waals surface area contributed by atoms with Crippen molar-refractivity contribution in [2.75, 3.05) is 19.7 Å². The number of aliphatic hydroxyl groups is 1. The molecular formula is C23H46N2O3. The van der Waals surface area contributed by atoms with Crippen molar-refractivity contribution in [3.8, 4) is 0 Å². The van der Waals surface area contributed by atoms with Gasteiger partial charge in [0.05, 0.1) is 12.6 Å². The number of carbonyl (C=O) groups excluding carboxylic acids is 2. The van der Waals surface area contributed by atoms with E-state index in [0.717, 1.165) is 32.1 Å². The largest absolute Gasteiger partial charge is 0.395 e. The number of carbonyl (C=O) groups is 2. The predicted octanol–water partition coefficient (Wildman–Crippen LogP) is 4.51. The highest BCUT2D eigenvalue weighted by Gasteiger charge is 2.10. The second-order valence-corrected chi connectivity index (χ2v) is 7.92. The van der Waals surface area contributed by atoms with Crippen LogP contribution in [-0.4, -0.2) is 43.0 Å². The van der Waals surface area contributed by atoms with Crippen LogP contribution in [-0.2, 0) is 9.59 Å². The Morgan fingerprint density at radius 1 is 0.821 bits per heavy atom. The molecule has 1 atom stereocenters. The summed E-state index contributed by atoms with van der Waals surface area (Å²) >= 11 is 0. The molecule has 0 radical (unpaired) electrons. The van der Waals surface area contributed by atoms with Crippen LogP contribution in [0.1, 0.15) is 110 Å². The summed E-state index contributed by atoms with van der Waals surface area (Å²) < 4.78 is 0. The minimum Gasteiger partial charge on any atom is -0.395 e. The fraction of sp³-hybridized carbons (Fsp3) is 0.913. The first kappa shape index (κ1) is 27.1. The van der Waals surface area contributed by atoms with Crippen LogP contribution in [0.5, 0.6) is 0 Å². The predicted molar refractivity (Wildman–Crippen MR) is 117 cm³/mol. The van der Waals surface area contributed by atoms with E-state index in [1.165, 1.54) is 70.6 Å². The molecule has 166 valence electrons. The second kappa shape index (κ2) is 22.4. The average molecular weight is 399 g/mol. The minimum absolute atomic E-state index is 0.0107. The van der Waals surface area contributed by atoms with Crippen molar-refractivity contribution in [2.45, 2.75) is 116 Å². The zero-order valence-corrected chi connectivity index (χ0v) is 18.4. The number of aliphatic hydroxyl groups excluding tert-OH is 1. The molecule has 0 aromatic carbocycles. The van der Waals surface area contributed by atoms with Crippen LogP contribution in [0.4, 0.5) is 0 Å². The first-order chi connectivity index (χ1) is 13.7. The Balaban J connectivity index is 3.40. The van der Waals surface area contributed by atoms with Gasteiger partial charge in [-0.25, -0.2) is 0 Å². The molecule has 1 amide bonds. The summed E-state index contributed by atoms with van der Waals surface area (Å²) in [5.74, 6) is -0.0107. The van der Waals surface area contributed by atoms with Crippen LogP contribution in [0, 0.1) is 0 Å². The Morgan fingerprint density at radius 3 is 1.86 bits per heavy atom. The van der Waals surface area contributed by atoms with Crippen LogP contribution in [0.2, 0.25) is 0 Å². The van der Waals surface area contributed by atoms with Gasteiger partial charge < -0.3 is 20.5 Å². The van der Waals surface area contributed by atoms with Gasteiger partial charge in [0.1, 0.15) is 6.29 Å². The lowest BCUT2D eigenvalue weighted by Crippen LogP contribution is -2.36. The summed E-state index contributed by atoms with van der Waals surface area (Å²) in [6, 6.07) is -0.384. The van der Waals surface area contributed by atoms with Gasteiger partial charge in [0, 0.05) is 13.0 Å². The number of hydrogen-bond acceptors (Lipinski definition) is 4. The Morgan fingerprint density at radius 2 is 1.36 bits per heavy atom. The Kier molecular flexibility index (Phi) is 21.6. The highest BCUT2D eigenvalue weighted by atomic mass is 16.3. The van der Waals surface area contributed by atoms with Gasteiger partial charge in [-0.2, -0.15) is 0 Å². The third-order valence-electron chi connectivity index (χ3n) is 5.18. The minimum atomic E-state index is -0.384. The maximum absolute atomic E-state index is 11.9. The summed E-state index contributed by atoms with van der Waals surface area (Å²) in [5, 5.41) is 14.6. The summed E-state index contributed by atoms with van der Waals surface area (Å²) in [5.41, 5.74) is 0. The zero-order chi connectivity index (χ0) is 20.7. The number of amides is 1. The molecule has 5 heteroatoms. The van der Waals surface area contributed by atoms with E-state index < -0.39 is 0 Å². The number of aldehydes is 1. The van der Waals surface area contributed by atoms with Crippen LogP contribution in [0.3, 0.4) is 0 Å². The third kappa shape index (κ3) is 19.8. The van der Waals surface area contributed by atoms with Crippen LogP contribution >= 0.6 is 0 Å². The van der Waals surface area contributed by atoms with E-state index in [4.69, 9.17) is 5.11 Å². The van der Waals surface area contributed by atoms with Crippen molar-refractivity contribution >= 4 is 12.2 Å². The van der Waals surface area contributed by atoms with Gasteiger partial charge in [0.25, 0.3) is 0 Å². The van der Waals surface area contributed by atoms with Gasteiger partial charge >= 0.3 is 0 Å². The Bertz CT molecular complexity index is 351. The number of nitrogens with one attached hydrogen (secondary N) is 2. The second-order valence-electron chi connectivity index (χ2n) is 7.92. The maximum Gasteiger partial charge on any atom is 0.220 e. The van der Waals surface area contributed by atoms with Crippen LogP contribution in [0.25, 0.3) is 0 Å². The molecule has 3 N–H and O–H groups in total. The van der Waals surface area contributed by atoms with E-state index >= 15 is 0 Å². The molecule has 0 saturated heterocycles. The van der Waals surface area contributed by atoms with E-state index in [9.17, 15) is 9.59 Å². The molecule has 0 bridgehead atoms. The quantitative estimate of drug-likeness (QED) is 0.185. The highest BCUT2D eigenvalue weighted by molar-refractivity contribution is 5.79. The van der Waals surface area contributed by atoms with Crippen molar-refractivity contribution in [1.82, 2.24) is 10.6 Å². The molecular weight excluding hydrogens is 352 g/mol. The molecule has 0 aliphatic carbocycles. The van der Waals surface area contributed by atoms with E-state index in [1.54, 1.807) is 0 Å². The number of rotatable bonds is 22. The lowest BCUT2D eigenvalue weighted by atomic mass is 10.0. The van der Waals surface area contributed by atoms with Gasteiger partial charge in [0.15, 0.2) is 0 Å². The molecule has 1 unspecified atom stereocenters. The average Bonchev–Trinajstić information content (AvgIpc) is 2.70. The molecule has 0 fully saturated rings. The SMILES string of the molecule is CCCCCCCCCCCCCCCC(=O)NC(C=O)CCCNCCO. The van der Waals surface area contributed by atoms with Gasteiger partial charge in [-0.3, -0.25) is 4.79 Å². The van der Waals surface area contributed by atoms with Crippen molar-refractivity contribution in [1.29, 1.82) is 0 Å². The molecule has 28 heavy (non-hydrogen) atoms. The molecule has 0 aliphatic heterocycles. The zero-order valence-electron chi connectivity index (χ0n) is 18.4. The summed E-state index contributed by atoms with van der Waals surface area (Å²) in [4.78, 5) is 23.0. The van der Waals surface area contributed by atoms with E-state index in [1.807, 2.05) is 0 Å². The Hall–Kier alpha value is -0.940. The van der Waals surface area contributed by atoms with Gasteiger partial charge in [-0.15, -0.1) is 0 Å². The molecule has 0 aromatic heterocycles. The lowest BCUT2D eigenvalue weighted by Gasteiger charge is -2.13. The Labute approximate surface area is 173 Å². The summed E-state index contributed by atoms with van der Waals surface area (Å²) in [6.45, 7) is 3.69. The smallest absolute Gasteiger partial charge is 0.220 e. The molecule has 0 spiro atoms. The van der Waals surface area contributed by atoms with Crippen LogP contribution < -0.4 is 10.6 Å². The third-order valence-corrected chi connectivity index (χ3v) is 5.18. The number of hydrogen-bond donors (Lipinski definition) is 3. The van der Waals surface area contributed by atoms with E-state index in [2.05, 4.69) is 17.6 Å².